The molecular weight excluding hydrogens is 289 g/mol. The summed E-state index contributed by atoms with van der Waals surface area (Å²) >= 11 is 0. The van der Waals surface area contributed by atoms with E-state index in [2.05, 4.69) is 4.98 Å². The number of carbonyl (C=O) groups excluding carboxylic acids is 2. The number of rotatable bonds is 4. The normalized spacial score (nSPS) is 22.1. The lowest BCUT2D eigenvalue weighted by atomic mass is 9.94. The van der Waals surface area contributed by atoms with Crippen molar-refractivity contribution in [3.05, 3.63) is 17.8 Å². The highest BCUT2D eigenvalue weighted by Crippen LogP contribution is 2.24. The molecule has 1 aromatic rings. The van der Waals surface area contributed by atoms with E-state index in [4.69, 9.17) is 10.2 Å². The topological polar surface area (TPSA) is 89.4 Å². The van der Waals surface area contributed by atoms with Crippen molar-refractivity contribution < 1.29 is 18.4 Å². The number of oxazole rings is 1. The van der Waals surface area contributed by atoms with Crippen molar-refractivity contribution >= 4 is 11.8 Å². The fraction of sp³-hybridized carbons (Fsp3) is 0.667. The predicted molar refractivity (Wildman–Crippen MR) is 77.7 cm³/mol. The first-order valence-electron chi connectivity index (χ1n) is 7.36. The second-order valence-corrected chi connectivity index (χ2v) is 6.67. The minimum atomic E-state index is -1.20. The van der Waals surface area contributed by atoms with E-state index in [1.54, 1.807) is 6.20 Å². The summed E-state index contributed by atoms with van der Waals surface area (Å²) in [6, 6.07) is -0.850. The summed E-state index contributed by atoms with van der Waals surface area (Å²) in [7, 11) is 0. The van der Waals surface area contributed by atoms with Gasteiger partial charge in [-0.1, -0.05) is 20.8 Å². The van der Waals surface area contributed by atoms with Gasteiger partial charge in [-0.25, -0.2) is 9.37 Å². The number of hydrogen-bond acceptors (Lipinski definition) is 4. The van der Waals surface area contributed by atoms with Gasteiger partial charge in [0.05, 0.1) is 12.7 Å². The second-order valence-electron chi connectivity index (χ2n) is 6.67. The van der Waals surface area contributed by atoms with Gasteiger partial charge in [0, 0.05) is 24.7 Å². The summed E-state index contributed by atoms with van der Waals surface area (Å²) in [5.74, 6) is 0.235. The summed E-state index contributed by atoms with van der Waals surface area (Å²) in [5.41, 5.74) is 5.07. The van der Waals surface area contributed by atoms with Gasteiger partial charge in [0.2, 0.25) is 11.8 Å². The van der Waals surface area contributed by atoms with Crippen LogP contribution in [-0.4, -0.2) is 40.5 Å². The van der Waals surface area contributed by atoms with Crippen molar-refractivity contribution in [1.29, 1.82) is 0 Å². The Morgan fingerprint density at radius 1 is 1.50 bits per heavy atom. The van der Waals surface area contributed by atoms with Crippen molar-refractivity contribution in [1.82, 2.24) is 9.88 Å². The van der Waals surface area contributed by atoms with Crippen LogP contribution < -0.4 is 5.73 Å². The van der Waals surface area contributed by atoms with Crippen LogP contribution in [0.25, 0.3) is 0 Å². The van der Waals surface area contributed by atoms with Gasteiger partial charge in [-0.2, -0.15) is 0 Å². The smallest absolute Gasteiger partial charge is 0.240 e. The van der Waals surface area contributed by atoms with Crippen LogP contribution in [0.4, 0.5) is 4.39 Å². The van der Waals surface area contributed by atoms with Gasteiger partial charge in [0.1, 0.15) is 18.0 Å². The number of alkyl halides is 1. The van der Waals surface area contributed by atoms with Crippen LogP contribution in [0.15, 0.2) is 10.6 Å². The SMILES string of the molecule is CC(C)(C)c1cnc(CCC(=O)N2C[C@H](F)C[C@H]2C(N)=O)o1. The second kappa shape index (κ2) is 6.06. The number of likely N-dealkylation sites (tertiary alicyclic amines) is 1. The third-order valence-corrected chi connectivity index (χ3v) is 3.74. The van der Waals surface area contributed by atoms with E-state index in [0.717, 1.165) is 5.76 Å². The van der Waals surface area contributed by atoms with Crippen molar-refractivity contribution in [2.75, 3.05) is 6.54 Å². The molecule has 7 heteroatoms. The number of nitrogens with two attached hydrogens (primary N) is 1. The molecule has 6 nitrogen and oxygen atoms in total. The summed E-state index contributed by atoms with van der Waals surface area (Å²) in [4.78, 5) is 28.8. The highest BCUT2D eigenvalue weighted by atomic mass is 19.1. The van der Waals surface area contributed by atoms with Gasteiger partial charge < -0.3 is 15.1 Å². The molecule has 1 aliphatic rings. The van der Waals surface area contributed by atoms with Crippen molar-refractivity contribution in [2.24, 2.45) is 5.73 Å². The van der Waals surface area contributed by atoms with E-state index in [1.165, 1.54) is 4.90 Å². The van der Waals surface area contributed by atoms with E-state index in [-0.39, 0.29) is 30.7 Å². The number of primary amides is 1. The average Bonchev–Trinajstić information content (AvgIpc) is 3.01. The van der Waals surface area contributed by atoms with Crippen LogP contribution in [0, 0.1) is 0 Å². The third-order valence-electron chi connectivity index (χ3n) is 3.74. The van der Waals surface area contributed by atoms with Gasteiger partial charge in [0.15, 0.2) is 5.89 Å². The Labute approximate surface area is 128 Å². The first-order chi connectivity index (χ1) is 10.2. The maximum absolute atomic E-state index is 13.4. The van der Waals surface area contributed by atoms with E-state index < -0.39 is 18.1 Å². The van der Waals surface area contributed by atoms with E-state index in [9.17, 15) is 14.0 Å². The number of amides is 2. The largest absolute Gasteiger partial charge is 0.445 e. The molecule has 0 spiro atoms. The Hall–Kier alpha value is -1.92. The van der Waals surface area contributed by atoms with Gasteiger partial charge in [0.25, 0.3) is 0 Å². The average molecular weight is 311 g/mol. The Kier molecular flexibility index (Phi) is 4.53. The number of halogens is 1. The van der Waals surface area contributed by atoms with Gasteiger partial charge in [-0.05, 0) is 0 Å². The fourth-order valence-corrected chi connectivity index (χ4v) is 2.46. The van der Waals surface area contributed by atoms with Gasteiger partial charge in [-0.15, -0.1) is 0 Å². The van der Waals surface area contributed by atoms with Crippen LogP contribution in [0.3, 0.4) is 0 Å². The summed E-state index contributed by atoms with van der Waals surface area (Å²) < 4.78 is 19.0. The van der Waals surface area contributed by atoms with Crippen molar-refractivity contribution in [3.8, 4) is 0 Å². The number of aryl methyl sites for hydroxylation is 1. The highest BCUT2D eigenvalue weighted by molar-refractivity contribution is 5.87. The van der Waals surface area contributed by atoms with E-state index in [1.807, 2.05) is 20.8 Å². The molecule has 2 atom stereocenters. The monoisotopic (exact) mass is 311 g/mol. The Morgan fingerprint density at radius 3 is 2.73 bits per heavy atom. The summed E-state index contributed by atoms with van der Waals surface area (Å²) in [5, 5.41) is 0. The molecule has 2 heterocycles. The van der Waals surface area contributed by atoms with Crippen molar-refractivity contribution in [3.63, 3.8) is 0 Å². The Morgan fingerprint density at radius 2 is 2.18 bits per heavy atom. The van der Waals surface area contributed by atoms with Gasteiger partial charge in [-0.3, -0.25) is 9.59 Å². The standard InChI is InChI=1S/C15H22FN3O3/c1-15(2,3)11-7-18-12(22-11)4-5-13(20)19-8-9(16)6-10(19)14(17)21/h7,9-10H,4-6,8H2,1-3H3,(H2,17,21)/t9-,10+/m1/s1. The zero-order valence-corrected chi connectivity index (χ0v) is 13.1. The highest BCUT2D eigenvalue weighted by Gasteiger charge is 2.38. The molecule has 0 radical (unpaired) electrons. The zero-order valence-electron chi connectivity index (χ0n) is 13.1. The number of nitrogens with zero attached hydrogens (tertiary/aromatic N) is 2. The maximum atomic E-state index is 13.4. The quantitative estimate of drug-likeness (QED) is 0.908. The summed E-state index contributed by atoms with van der Waals surface area (Å²) in [6.07, 6.45) is 0.859. The summed E-state index contributed by atoms with van der Waals surface area (Å²) in [6.45, 7) is 5.94. The fourth-order valence-electron chi connectivity index (χ4n) is 2.46. The predicted octanol–water partition coefficient (Wildman–Crippen LogP) is 1.33. The molecule has 1 aromatic heterocycles. The molecule has 1 saturated heterocycles. The molecule has 22 heavy (non-hydrogen) atoms. The molecule has 0 bridgehead atoms. The molecule has 2 N–H and O–H groups in total. The minimum absolute atomic E-state index is 0.0196. The molecule has 0 aliphatic carbocycles. The van der Waals surface area contributed by atoms with Crippen molar-refractivity contribution in [2.45, 2.75) is 57.7 Å². The van der Waals surface area contributed by atoms with Crippen LogP contribution in [0.2, 0.25) is 0 Å². The van der Waals surface area contributed by atoms with Crippen LogP contribution in [-0.2, 0) is 21.4 Å². The molecule has 122 valence electrons. The molecule has 0 saturated carbocycles. The number of aromatic nitrogens is 1. The van der Waals surface area contributed by atoms with E-state index >= 15 is 0 Å². The molecule has 2 amide bonds. The zero-order chi connectivity index (χ0) is 16.5. The number of hydrogen-bond donors (Lipinski definition) is 1. The lowest BCUT2D eigenvalue weighted by Crippen LogP contribution is -2.43. The molecule has 1 fully saturated rings. The lowest BCUT2D eigenvalue weighted by molar-refractivity contribution is -0.137. The molecular formula is C15H22FN3O3. The molecule has 0 aromatic carbocycles. The van der Waals surface area contributed by atoms with E-state index in [0.29, 0.717) is 12.3 Å². The maximum Gasteiger partial charge on any atom is 0.240 e. The molecule has 2 rings (SSSR count). The number of carbonyl (C=O) groups is 2. The van der Waals surface area contributed by atoms with Gasteiger partial charge >= 0.3 is 0 Å². The Balaban J connectivity index is 1.95. The lowest BCUT2D eigenvalue weighted by Gasteiger charge is -2.21. The van der Waals surface area contributed by atoms with Crippen LogP contribution in [0.1, 0.15) is 45.3 Å². The van der Waals surface area contributed by atoms with Crippen LogP contribution in [0.5, 0.6) is 0 Å². The molecule has 1 aliphatic heterocycles. The first kappa shape index (κ1) is 16.5. The first-order valence-corrected chi connectivity index (χ1v) is 7.36. The Bertz CT molecular complexity index is 565. The molecule has 0 unspecified atom stereocenters. The minimum Gasteiger partial charge on any atom is -0.445 e. The third kappa shape index (κ3) is 3.64. The van der Waals surface area contributed by atoms with Crippen LogP contribution >= 0.6 is 0 Å².